The van der Waals surface area contributed by atoms with Gasteiger partial charge in [0.25, 0.3) is 0 Å². The minimum atomic E-state index is 0.0795. The third-order valence-corrected chi connectivity index (χ3v) is 3.01. The molecule has 88 valence electrons. The summed E-state index contributed by atoms with van der Waals surface area (Å²) in [5.41, 5.74) is 15.3. The van der Waals surface area contributed by atoms with Gasteiger partial charge < -0.3 is 11.5 Å². The number of aryl methyl sites for hydroxylation is 1. The summed E-state index contributed by atoms with van der Waals surface area (Å²) in [7, 11) is 0. The van der Waals surface area contributed by atoms with Crippen LogP contribution in [0.25, 0.3) is 0 Å². The molecule has 2 nitrogen and oxygen atoms in total. The molecule has 0 bridgehead atoms. The van der Waals surface area contributed by atoms with Gasteiger partial charge in [-0.1, -0.05) is 48.5 Å². The van der Waals surface area contributed by atoms with Crippen LogP contribution in [0.3, 0.4) is 0 Å². The van der Waals surface area contributed by atoms with Crippen molar-refractivity contribution in [3.63, 3.8) is 0 Å². The Bertz CT molecular complexity index is 465. The van der Waals surface area contributed by atoms with Crippen molar-refractivity contribution in [3.05, 3.63) is 65.7 Å². The van der Waals surface area contributed by atoms with Crippen molar-refractivity contribution in [2.75, 3.05) is 5.73 Å². The first-order valence-electron chi connectivity index (χ1n) is 5.91. The third kappa shape index (κ3) is 3.08. The highest BCUT2D eigenvalue weighted by Crippen LogP contribution is 2.19. The van der Waals surface area contributed by atoms with E-state index in [2.05, 4.69) is 18.2 Å². The highest BCUT2D eigenvalue weighted by atomic mass is 14.6. The normalized spacial score (nSPS) is 12.3. The molecule has 0 aliphatic heterocycles. The van der Waals surface area contributed by atoms with Crippen LogP contribution >= 0.6 is 0 Å². The van der Waals surface area contributed by atoms with Crippen LogP contribution in [0.5, 0.6) is 0 Å². The Morgan fingerprint density at radius 1 is 0.882 bits per heavy atom. The van der Waals surface area contributed by atoms with Gasteiger partial charge in [0.05, 0.1) is 0 Å². The Hall–Kier alpha value is -1.80. The largest absolute Gasteiger partial charge is 0.399 e. The fourth-order valence-corrected chi connectivity index (χ4v) is 1.94. The first kappa shape index (κ1) is 11.7. The van der Waals surface area contributed by atoms with E-state index in [1.165, 1.54) is 11.1 Å². The molecular weight excluding hydrogens is 208 g/mol. The Balaban J connectivity index is 1.97. The summed E-state index contributed by atoms with van der Waals surface area (Å²) in [4.78, 5) is 0. The van der Waals surface area contributed by atoms with Gasteiger partial charge in [-0.05, 0) is 30.0 Å². The SMILES string of the molecule is Nc1ccccc1CCC(N)c1ccccc1. The van der Waals surface area contributed by atoms with E-state index in [1.54, 1.807) is 0 Å². The molecule has 0 aliphatic rings. The monoisotopic (exact) mass is 226 g/mol. The molecule has 0 heterocycles. The van der Waals surface area contributed by atoms with Crippen molar-refractivity contribution < 1.29 is 0 Å². The molecule has 2 heteroatoms. The van der Waals surface area contributed by atoms with Crippen molar-refractivity contribution >= 4 is 5.69 Å². The van der Waals surface area contributed by atoms with Crippen molar-refractivity contribution in [1.29, 1.82) is 0 Å². The van der Waals surface area contributed by atoms with E-state index < -0.39 is 0 Å². The molecule has 2 aromatic rings. The van der Waals surface area contributed by atoms with Gasteiger partial charge in [0, 0.05) is 11.7 Å². The zero-order chi connectivity index (χ0) is 12.1. The van der Waals surface area contributed by atoms with Crippen LogP contribution in [0.15, 0.2) is 54.6 Å². The smallest absolute Gasteiger partial charge is 0.0346 e. The summed E-state index contributed by atoms with van der Waals surface area (Å²) in [6.07, 6.45) is 1.83. The molecule has 17 heavy (non-hydrogen) atoms. The van der Waals surface area contributed by atoms with Gasteiger partial charge in [0.15, 0.2) is 0 Å². The van der Waals surface area contributed by atoms with E-state index in [-0.39, 0.29) is 6.04 Å². The van der Waals surface area contributed by atoms with E-state index >= 15 is 0 Å². The summed E-state index contributed by atoms with van der Waals surface area (Å²) in [5.74, 6) is 0. The first-order valence-corrected chi connectivity index (χ1v) is 5.91. The lowest BCUT2D eigenvalue weighted by atomic mass is 9.99. The van der Waals surface area contributed by atoms with Crippen molar-refractivity contribution in [3.8, 4) is 0 Å². The summed E-state index contributed by atoms with van der Waals surface area (Å²) >= 11 is 0. The molecular formula is C15H18N2. The van der Waals surface area contributed by atoms with E-state index in [1.807, 2.05) is 36.4 Å². The molecule has 0 saturated carbocycles. The summed E-state index contributed by atoms with van der Waals surface area (Å²) in [5, 5.41) is 0. The number of rotatable bonds is 4. The lowest BCUT2D eigenvalue weighted by Gasteiger charge is -2.12. The predicted octanol–water partition coefficient (Wildman–Crippen LogP) is 2.90. The number of para-hydroxylation sites is 1. The highest BCUT2D eigenvalue weighted by molar-refractivity contribution is 5.46. The number of benzene rings is 2. The summed E-state index contributed by atoms with van der Waals surface area (Å²) in [6.45, 7) is 0. The van der Waals surface area contributed by atoms with Gasteiger partial charge in [0.1, 0.15) is 0 Å². The lowest BCUT2D eigenvalue weighted by Crippen LogP contribution is -2.11. The fourth-order valence-electron chi connectivity index (χ4n) is 1.94. The van der Waals surface area contributed by atoms with Gasteiger partial charge in [-0.3, -0.25) is 0 Å². The summed E-state index contributed by atoms with van der Waals surface area (Å²) < 4.78 is 0. The van der Waals surface area contributed by atoms with Crippen molar-refractivity contribution in [2.24, 2.45) is 5.73 Å². The zero-order valence-electron chi connectivity index (χ0n) is 9.84. The second kappa shape index (κ2) is 5.51. The van der Waals surface area contributed by atoms with Crippen molar-refractivity contribution in [1.82, 2.24) is 0 Å². The van der Waals surface area contributed by atoms with Crippen LogP contribution < -0.4 is 11.5 Å². The minimum Gasteiger partial charge on any atom is -0.399 e. The molecule has 2 rings (SSSR count). The molecule has 0 fully saturated rings. The van der Waals surface area contributed by atoms with E-state index in [9.17, 15) is 0 Å². The minimum absolute atomic E-state index is 0.0795. The van der Waals surface area contributed by atoms with E-state index in [0.29, 0.717) is 0 Å². The number of hydrogen-bond donors (Lipinski definition) is 2. The average molecular weight is 226 g/mol. The lowest BCUT2D eigenvalue weighted by molar-refractivity contribution is 0.652. The number of hydrogen-bond acceptors (Lipinski definition) is 2. The fraction of sp³-hybridized carbons (Fsp3) is 0.200. The molecule has 0 amide bonds. The molecule has 4 N–H and O–H groups in total. The standard InChI is InChI=1S/C15H18N2/c16-14-9-5-4-8-13(14)10-11-15(17)12-6-2-1-3-7-12/h1-9,15H,10-11,16-17H2. The number of nitrogens with two attached hydrogens (primary N) is 2. The highest BCUT2D eigenvalue weighted by Gasteiger charge is 2.06. The van der Waals surface area contributed by atoms with Gasteiger partial charge in [-0.25, -0.2) is 0 Å². The second-order valence-corrected chi connectivity index (χ2v) is 4.25. The maximum Gasteiger partial charge on any atom is 0.0346 e. The van der Waals surface area contributed by atoms with Gasteiger partial charge in [-0.2, -0.15) is 0 Å². The molecule has 1 unspecified atom stereocenters. The molecule has 0 aromatic heterocycles. The molecule has 0 saturated heterocycles. The first-order chi connectivity index (χ1) is 8.27. The van der Waals surface area contributed by atoms with Gasteiger partial charge >= 0.3 is 0 Å². The molecule has 2 aromatic carbocycles. The van der Waals surface area contributed by atoms with Crippen LogP contribution in [0.4, 0.5) is 5.69 Å². The van der Waals surface area contributed by atoms with Gasteiger partial charge in [-0.15, -0.1) is 0 Å². The molecule has 0 aliphatic carbocycles. The average Bonchev–Trinajstić information content (AvgIpc) is 2.38. The third-order valence-electron chi connectivity index (χ3n) is 3.01. The number of anilines is 1. The van der Waals surface area contributed by atoms with Gasteiger partial charge in [0.2, 0.25) is 0 Å². The van der Waals surface area contributed by atoms with Crippen LogP contribution in [0, 0.1) is 0 Å². The Kier molecular flexibility index (Phi) is 3.78. The van der Waals surface area contributed by atoms with Crippen LogP contribution in [-0.4, -0.2) is 0 Å². The van der Waals surface area contributed by atoms with Crippen molar-refractivity contribution in [2.45, 2.75) is 18.9 Å². The summed E-state index contributed by atoms with van der Waals surface area (Å²) in [6, 6.07) is 18.2. The Morgan fingerprint density at radius 3 is 2.24 bits per heavy atom. The maximum absolute atomic E-state index is 6.15. The molecule has 1 atom stereocenters. The van der Waals surface area contributed by atoms with Crippen LogP contribution in [0.1, 0.15) is 23.6 Å². The van der Waals surface area contributed by atoms with E-state index in [4.69, 9.17) is 11.5 Å². The quantitative estimate of drug-likeness (QED) is 0.788. The van der Waals surface area contributed by atoms with Crippen LogP contribution in [-0.2, 0) is 6.42 Å². The van der Waals surface area contributed by atoms with E-state index in [0.717, 1.165) is 18.5 Å². The zero-order valence-corrected chi connectivity index (χ0v) is 9.84. The Labute approximate surface area is 102 Å². The number of nitrogen functional groups attached to an aromatic ring is 1. The Morgan fingerprint density at radius 2 is 1.53 bits per heavy atom. The second-order valence-electron chi connectivity index (χ2n) is 4.25. The maximum atomic E-state index is 6.15. The predicted molar refractivity (Wildman–Crippen MR) is 72.5 cm³/mol. The molecule has 0 spiro atoms. The van der Waals surface area contributed by atoms with Crippen LogP contribution in [0.2, 0.25) is 0 Å². The topological polar surface area (TPSA) is 52.0 Å². The molecule has 0 radical (unpaired) electrons.